The van der Waals surface area contributed by atoms with Crippen LogP contribution in [0.4, 0.5) is 0 Å². The van der Waals surface area contributed by atoms with Crippen molar-refractivity contribution < 1.29 is 9.94 Å². The van der Waals surface area contributed by atoms with Crippen molar-refractivity contribution in [2.75, 3.05) is 7.11 Å². The Morgan fingerprint density at radius 3 is 2.83 bits per heavy atom. The summed E-state index contributed by atoms with van der Waals surface area (Å²) in [6.45, 7) is 4.98. The molecule has 0 radical (unpaired) electrons. The summed E-state index contributed by atoms with van der Waals surface area (Å²) in [7, 11) is 1.66. The van der Waals surface area contributed by atoms with Crippen molar-refractivity contribution in [3.8, 4) is 0 Å². The Labute approximate surface area is 174 Å². The number of nitrogens with zero attached hydrogens (tertiary/aromatic N) is 2. The maximum Gasteiger partial charge on any atom is 0.106 e. The number of rotatable bonds is 2. The molecule has 0 amide bonds. The summed E-state index contributed by atoms with van der Waals surface area (Å²) in [5.41, 5.74) is 4.46. The van der Waals surface area contributed by atoms with Gasteiger partial charge in [0.2, 0.25) is 0 Å². The minimum Gasteiger partial charge on any atom is -0.399 e. The first-order valence-electron chi connectivity index (χ1n) is 11.4. The van der Waals surface area contributed by atoms with Gasteiger partial charge in [0, 0.05) is 18.3 Å². The first-order chi connectivity index (χ1) is 14.0. The molecule has 4 nitrogen and oxygen atoms in total. The molecule has 4 aliphatic rings. The standard InChI is InChI=1S/C25H34N2O2/c1-24-11-9-21-18(20(24)7-6-19(24)16-5-4-12-26-15-16)14-23(27-29-3)22-13-17(28)8-10-25(21,22)2/h4-6,12,15,17-18,20-22,28H,7-11,13-14H2,1-3H3/b27-23+/t17-,18-,20-,21-,22+,24+,25+/m0/s1. The van der Waals surface area contributed by atoms with Crippen molar-refractivity contribution >= 4 is 11.3 Å². The van der Waals surface area contributed by atoms with E-state index in [0.717, 1.165) is 38.0 Å². The predicted molar refractivity (Wildman–Crippen MR) is 115 cm³/mol. The zero-order valence-electron chi connectivity index (χ0n) is 18.0. The van der Waals surface area contributed by atoms with Gasteiger partial charge in [-0.15, -0.1) is 0 Å². The predicted octanol–water partition coefficient (Wildman–Crippen LogP) is 5.09. The molecular weight excluding hydrogens is 360 g/mol. The van der Waals surface area contributed by atoms with E-state index in [2.05, 4.69) is 42.2 Å². The molecule has 0 aliphatic heterocycles. The van der Waals surface area contributed by atoms with Crippen LogP contribution >= 0.6 is 0 Å². The molecule has 0 bridgehead atoms. The highest BCUT2D eigenvalue weighted by atomic mass is 16.6. The van der Waals surface area contributed by atoms with Gasteiger partial charge in [0.05, 0.1) is 11.8 Å². The Morgan fingerprint density at radius 1 is 1.21 bits per heavy atom. The summed E-state index contributed by atoms with van der Waals surface area (Å²) >= 11 is 0. The summed E-state index contributed by atoms with van der Waals surface area (Å²) in [6.07, 6.45) is 13.8. The third-order valence-electron chi connectivity index (χ3n) is 9.21. The van der Waals surface area contributed by atoms with Crippen LogP contribution in [0.1, 0.15) is 64.4 Å². The van der Waals surface area contributed by atoms with Crippen molar-refractivity contribution in [1.29, 1.82) is 0 Å². The second-order valence-electron chi connectivity index (χ2n) is 10.4. The molecule has 1 aromatic heterocycles. The van der Waals surface area contributed by atoms with E-state index in [-0.39, 0.29) is 16.9 Å². The third kappa shape index (κ3) is 2.82. The van der Waals surface area contributed by atoms with Gasteiger partial charge in [-0.1, -0.05) is 31.1 Å². The zero-order valence-corrected chi connectivity index (χ0v) is 18.0. The Bertz CT molecular complexity index is 834. The molecule has 0 spiro atoms. The van der Waals surface area contributed by atoms with Gasteiger partial charge in [0.15, 0.2) is 0 Å². The van der Waals surface area contributed by atoms with E-state index in [1.807, 2.05) is 12.4 Å². The van der Waals surface area contributed by atoms with Gasteiger partial charge >= 0.3 is 0 Å². The second kappa shape index (κ2) is 6.94. The normalized spacial score (nSPS) is 45.2. The molecule has 3 saturated carbocycles. The molecule has 0 aromatic carbocycles. The number of oxime groups is 1. The van der Waals surface area contributed by atoms with Gasteiger partial charge in [0.1, 0.15) is 7.11 Å². The number of aliphatic hydroxyl groups is 1. The van der Waals surface area contributed by atoms with Crippen LogP contribution in [0.15, 0.2) is 35.8 Å². The second-order valence-corrected chi connectivity index (χ2v) is 10.4. The third-order valence-corrected chi connectivity index (χ3v) is 9.21. The summed E-state index contributed by atoms with van der Waals surface area (Å²) < 4.78 is 0. The van der Waals surface area contributed by atoms with E-state index in [1.54, 1.807) is 7.11 Å². The van der Waals surface area contributed by atoms with Crippen LogP contribution in [0, 0.1) is 34.5 Å². The molecule has 4 heteroatoms. The number of allylic oxidation sites excluding steroid dienone is 2. The molecule has 4 aliphatic carbocycles. The molecule has 156 valence electrons. The Hall–Kier alpha value is -1.68. The number of aromatic nitrogens is 1. The van der Waals surface area contributed by atoms with Gasteiger partial charge in [-0.3, -0.25) is 4.98 Å². The largest absolute Gasteiger partial charge is 0.399 e. The maximum atomic E-state index is 10.4. The van der Waals surface area contributed by atoms with E-state index in [1.165, 1.54) is 29.7 Å². The summed E-state index contributed by atoms with van der Waals surface area (Å²) in [6, 6.07) is 4.28. The van der Waals surface area contributed by atoms with Crippen LogP contribution in [0.5, 0.6) is 0 Å². The minimum atomic E-state index is -0.189. The topological polar surface area (TPSA) is 54.7 Å². The molecule has 7 atom stereocenters. The first kappa shape index (κ1) is 19.3. The molecule has 1 heterocycles. The van der Waals surface area contributed by atoms with Gasteiger partial charge < -0.3 is 9.94 Å². The lowest BCUT2D eigenvalue weighted by molar-refractivity contribution is -0.0754. The van der Waals surface area contributed by atoms with Crippen molar-refractivity contribution in [3.05, 3.63) is 36.2 Å². The zero-order chi connectivity index (χ0) is 20.2. The van der Waals surface area contributed by atoms with Gasteiger partial charge in [-0.2, -0.15) is 0 Å². The lowest BCUT2D eigenvalue weighted by Crippen LogP contribution is -2.56. The van der Waals surface area contributed by atoms with E-state index >= 15 is 0 Å². The van der Waals surface area contributed by atoms with Crippen LogP contribution in [-0.4, -0.2) is 29.0 Å². The van der Waals surface area contributed by atoms with Crippen molar-refractivity contribution in [2.24, 2.45) is 39.7 Å². The van der Waals surface area contributed by atoms with Gasteiger partial charge in [-0.05, 0) is 90.7 Å². The fraction of sp³-hybridized carbons (Fsp3) is 0.680. The van der Waals surface area contributed by atoms with Crippen LogP contribution < -0.4 is 0 Å². The highest BCUT2D eigenvalue weighted by molar-refractivity contribution is 5.88. The van der Waals surface area contributed by atoms with Crippen LogP contribution in [0.2, 0.25) is 0 Å². The van der Waals surface area contributed by atoms with Crippen LogP contribution in [0.25, 0.3) is 5.57 Å². The van der Waals surface area contributed by atoms with Crippen molar-refractivity contribution in [1.82, 2.24) is 4.98 Å². The number of pyridine rings is 1. The monoisotopic (exact) mass is 394 g/mol. The highest BCUT2D eigenvalue weighted by Crippen LogP contribution is 2.66. The highest BCUT2D eigenvalue weighted by Gasteiger charge is 2.60. The average molecular weight is 395 g/mol. The average Bonchev–Trinajstić information content (AvgIpc) is 3.07. The van der Waals surface area contributed by atoms with E-state index < -0.39 is 0 Å². The molecule has 1 N–H and O–H groups in total. The fourth-order valence-corrected chi connectivity index (χ4v) is 7.80. The molecule has 5 rings (SSSR count). The van der Waals surface area contributed by atoms with Crippen LogP contribution in [-0.2, 0) is 4.84 Å². The molecule has 0 unspecified atom stereocenters. The molecule has 3 fully saturated rings. The number of fused-ring (bicyclic) bond motifs is 5. The van der Waals surface area contributed by atoms with Crippen LogP contribution in [0.3, 0.4) is 0 Å². The minimum absolute atomic E-state index is 0.189. The number of hydrogen-bond acceptors (Lipinski definition) is 4. The Morgan fingerprint density at radius 2 is 2.07 bits per heavy atom. The van der Waals surface area contributed by atoms with E-state index in [9.17, 15) is 5.11 Å². The molecule has 0 saturated heterocycles. The molecular formula is C25H34N2O2. The lowest BCUT2D eigenvalue weighted by Gasteiger charge is -2.60. The number of hydrogen-bond donors (Lipinski definition) is 1. The quantitative estimate of drug-likeness (QED) is 0.711. The Balaban J connectivity index is 1.50. The lowest BCUT2D eigenvalue weighted by atomic mass is 9.44. The Kier molecular flexibility index (Phi) is 4.62. The van der Waals surface area contributed by atoms with Crippen molar-refractivity contribution in [3.63, 3.8) is 0 Å². The maximum absolute atomic E-state index is 10.4. The van der Waals surface area contributed by atoms with Crippen molar-refractivity contribution in [2.45, 2.75) is 64.9 Å². The summed E-state index contributed by atoms with van der Waals surface area (Å²) in [4.78, 5) is 9.69. The van der Waals surface area contributed by atoms with E-state index in [4.69, 9.17) is 4.84 Å². The smallest absolute Gasteiger partial charge is 0.106 e. The molecule has 29 heavy (non-hydrogen) atoms. The summed E-state index contributed by atoms with van der Waals surface area (Å²) in [5.74, 6) is 2.38. The fourth-order valence-electron chi connectivity index (χ4n) is 7.80. The van der Waals surface area contributed by atoms with Gasteiger partial charge in [0.25, 0.3) is 0 Å². The first-order valence-corrected chi connectivity index (χ1v) is 11.4. The number of aliphatic hydroxyl groups excluding tert-OH is 1. The van der Waals surface area contributed by atoms with Gasteiger partial charge in [-0.25, -0.2) is 0 Å². The summed E-state index contributed by atoms with van der Waals surface area (Å²) in [5, 5.41) is 14.9. The molecule has 1 aromatic rings. The van der Waals surface area contributed by atoms with E-state index in [0.29, 0.717) is 17.8 Å². The SMILES string of the molecule is CO/N=C1\C[C@@H]2[C@H](CC[C@]3(C)C(c4cccnc4)=CC[C@@H]23)[C@@]2(C)CC[C@H](O)C[C@H]12.